The molecule has 3 aliphatic rings. The Kier molecular flexibility index (Phi) is 4.73. The highest BCUT2D eigenvalue weighted by Gasteiger charge is 2.59. The molecule has 6 nitrogen and oxygen atoms in total. The summed E-state index contributed by atoms with van der Waals surface area (Å²) in [4.78, 5) is 24.7. The molecule has 2 aliphatic heterocycles. The van der Waals surface area contributed by atoms with Crippen molar-refractivity contribution in [1.29, 1.82) is 0 Å². The number of esters is 1. The Bertz CT molecular complexity index is 1500. The second-order valence-corrected chi connectivity index (χ2v) is 9.60. The van der Waals surface area contributed by atoms with E-state index < -0.39 is 23.6 Å². The van der Waals surface area contributed by atoms with Crippen LogP contribution in [0.1, 0.15) is 41.3 Å². The minimum atomic E-state index is -1.21. The predicted octanol–water partition coefficient (Wildman–Crippen LogP) is 5.74. The summed E-state index contributed by atoms with van der Waals surface area (Å²) in [6.07, 6.45) is 3.48. The molecule has 0 aromatic heterocycles. The van der Waals surface area contributed by atoms with Gasteiger partial charge >= 0.3 is 5.97 Å². The Morgan fingerprint density at radius 1 is 1.09 bits per heavy atom. The molecule has 0 amide bonds. The van der Waals surface area contributed by atoms with Crippen molar-refractivity contribution in [2.75, 3.05) is 0 Å². The van der Waals surface area contributed by atoms with Crippen molar-refractivity contribution < 1.29 is 29.3 Å². The number of ether oxygens (including phenoxy) is 2. The molecule has 35 heavy (non-hydrogen) atoms. The first kappa shape index (κ1) is 21.7. The van der Waals surface area contributed by atoms with E-state index in [1.807, 2.05) is 30.3 Å². The largest absolute Gasteiger partial charge is 0.508 e. The maximum absolute atomic E-state index is 13.1. The molecule has 176 valence electrons. The number of halogens is 1. The number of phenolic OH excluding ortho intramolecular Hbond substituents is 1. The number of benzene rings is 3. The SMILES string of the molecule is CC(=O)CCC1=CC2C(C=C1O)Oc1c(ccc3cc(O)c(Cl)cc13)C21OC(=O)c2ccccc21. The van der Waals surface area contributed by atoms with Crippen LogP contribution >= 0.6 is 11.6 Å². The van der Waals surface area contributed by atoms with Crippen LogP contribution in [0.3, 0.4) is 0 Å². The van der Waals surface area contributed by atoms with Crippen LogP contribution in [0.25, 0.3) is 10.8 Å². The number of carbonyl (C=O) groups excluding carboxylic acids is 2. The van der Waals surface area contributed by atoms with Crippen molar-refractivity contribution in [1.82, 2.24) is 0 Å². The van der Waals surface area contributed by atoms with Crippen molar-refractivity contribution >= 4 is 34.1 Å². The van der Waals surface area contributed by atoms with E-state index in [4.69, 9.17) is 21.1 Å². The lowest BCUT2D eigenvalue weighted by Crippen LogP contribution is -2.49. The van der Waals surface area contributed by atoms with Crippen molar-refractivity contribution in [2.24, 2.45) is 5.92 Å². The summed E-state index contributed by atoms with van der Waals surface area (Å²) in [7, 11) is 0. The van der Waals surface area contributed by atoms with E-state index >= 15 is 0 Å². The fourth-order valence-corrected chi connectivity index (χ4v) is 5.64. The van der Waals surface area contributed by atoms with Gasteiger partial charge in [-0.05, 0) is 48.6 Å². The number of hydrogen-bond acceptors (Lipinski definition) is 6. The third kappa shape index (κ3) is 3.09. The summed E-state index contributed by atoms with van der Waals surface area (Å²) in [5.74, 6) is -0.433. The van der Waals surface area contributed by atoms with E-state index in [9.17, 15) is 19.8 Å². The van der Waals surface area contributed by atoms with Gasteiger partial charge in [-0.1, -0.05) is 48.0 Å². The monoisotopic (exact) mass is 488 g/mol. The molecular weight excluding hydrogens is 468 g/mol. The smallest absolute Gasteiger partial charge is 0.339 e. The van der Waals surface area contributed by atoms with Crippen LogP contribution in [0.15, 0.2) is 72.0 Å². The normalized spacial score (nSPS) is 24.1. The summed E-state index contributed by atoms with van der Waals surface area (Å²) in [6.45, 7) is 1.51. The highest BCUT2D eigenvalue weighted by molar-refractivity contribution is 6.33. The van der Waals surface area contributed by atoms with Gasteiger partial charge in [0.05, 0.1) is 16.5 Å². The molecule has 3 aromatic carbocycles. The van der Waals surface area contributed by atoms with Crippen LogP contribution in [-0.2, 0) is 15.1 Å². The first-order valence-electron chi connectivity index (χ1n) is 11.4. The summed E-state index contributed by atoms with van der Waals surface area (Å²) in [6, 6.07) is 14.1. The van der Waals surface area contributed by atoms with Crippen LogP contribution in [0.2, 0.25) is 5.02 Å². The number of rotatable bonds is 3. The van der Waals surface area contributed by atoms with E-state index in [0.717, 1.165) is 0 Å². The Hall–Kier alpha value is -3.77. The molecule has 3 unspecified atom stereocenters. The van der Waals surface area contributed by atoms with Gasteiger partial charge in [-0.2, -0.15) is 0 Å². The number of carbonyl (C=O) groups is 2. The Labute approximate surface area is 206 Å². The fourth-order valence-electron chi connectivity index (χ4n) is 5.47. The molecule has 6 rings (SSSR count). The van der Waals surface area contributed by atoms with Gasteiger partial charge < -0.3 is 24.5 Å². The van der Waals surface area contributed by atoms with Crippen LogP contribution in [0, 0.1) is 5.92 Å². The standard InChI is InChI=1S/C28H21ClO6/c1-14(30)6-7-16-10-21-25(13-23(16)31)34-26-18-12-22(29)24(32)11-15(18)8-9-20(26)28(21)19-5-3-2-4-17(19)27(33)35-28/h2-5,8-13,21,25,31-32H,6-7H2,1H3. The average Bonchev–Trinajstić information content (AvgIpc) is 3.12. The van der Waals surface area contributed by atoms with Gasteiger partial charge in [0.1, 0.15) is 29.1 Å². The number of aromatic hydroxyl groups is 1. The van der Waals surface area contributed by atoms with E-state index in [1.165, 1.54) is 6.92 Å². The molecule has 7 heteroatoms. The molecule has 0 saturated heterocycles. The van der Waals surface area contributed by atoms with E-state index in [0.29, 0.717) is 45.2 Å². The van der Waals surface area contributed by atoms with Crippen LogP contribution in [0.5, 0.6) is 11.5 Å². The molecule has 2 heterocycles. The van der Waals surface area contributed by atoms with Gasteiger partial charge in [-0.3, -0.25) is 0 Å². The molecule has 2 N–H and O–H groups in total. The third-order valence-corrected chi connectivity index (χ3v) is 7.40. The van der Waals surface area contributed by atoms with Gasteiger partial charge in [-0.15, -0.1) is 0 Å². The first-order valence-corrected chi connectivity index (χ1v) is 11.7. The van der Waals surface area contributed by atoms with Crippen LogP contribution in [-0.4, -0.2) is 28.1 Å². The van der Waals surface area contributed by atoms with Crippen molar-refractivity contribution in [2.45, 2.75) is 31.5 Å². The van der Waals surface area contributed by atoms with E-state index in [-0.39, 0.29) is 28.7 Å². The highest BCUT2D eigenvalue weighted by Crippen LogP contribution is 2.57. The quantitative estimate of drug-likeness (QED) is 0.456. The molecule has 3 aromatic rings. The predicted molar refractivity (Wildman–Crippen MR) is 130 cm³/mol. The molecule has 0 fully saturated rings. The van der Waals surface area contributed by atoms with Crippen molar-refractivity contribution in [3.05, 3.63) is 93.7 Å². The number of fused-ring (bicyclic) bond motifs is 8. The number of phenols is 1. The average molecular weight is 489 g/mol. The second-order valence-electron chi connectivity index (χ2n) is 9.19. The molecular formula is C28H21ClO6. The van der Waals surface area contributed by atoms with Gasteiger partial charge in [0.2, 0.25) is 0 Å². The summed E-state index contributed by atoms with van der Waals surface area (Å²) in [5, 5.41) is 22.4. The lowest BCUT2D eigenvalue weighted by Gasteiger charge is -2.45. The molecule has 3 atom stereocenters. The van der Waals surface area contributed by atoms with Crippen molar-refractivity contribution in [3.8, 4) is 11.5 Å². The first-order chi connectivity index (χ1) is 16.8. The molecule has 0 radical (unpaired) electrons. The molecule has 1 spiro atoms. The van der Waals surface area contributed by atoms with E-state index in [1.54, 1.807) is 30.3 Å². The maximum atomic E-state index is 13.1. The number of hydrogen-bond donors (Lipinski definition) is 2. The lowest BCUT2D eigenvalue weighted by molar-refractivity contribution is -0.116. The number of aliphatic hydroxyl groups is 1. The second kappa shape index (κ2) is 7.62. The summed E-state index contributed by atoms with van der Waals surface area (Å²) >= 11 is 6.25. The maximum Gasteiger partial charge on any atom is 0.339 e. The fraction of sp³-hybridized carbons (Fsp3) is 0.214. The third-order valence-electron chi connectivity index (χ3n) is 7.09. The Morgan fingerprint density at radius 3 is 2.69 bits per heavy atom. The zero-order valence-electron chi connectivity index (χ0n) is 18.7. The van der Waals surface area contributed by atoms with E-state index in [2.05, 4.69) is 0 Å². The molecule has 0 saturated carbocycles. The number of aliphatic hydroxyl groups excluding tert-OH is 1. The highest BCUT2D eigenvalue weighted by atomic mass is 35.5. The number of ketones is 1. The van der Waals surface area contributed by atoms with Gasteiger partial charge in [0.25, 0.3) is 0 Å². The lowest BCUT2D eigenvalue weighted by atomic mass is 9.68. The van der Waals surface area contributed by atoms with Gasteiger partial charge in [-0.25, -0.2) is 4.79 Å². The molecule has 0 bridgehead atoms. The zero-order valence-corrected chi connectivity index (χ0v) is 19.5. The number of Topliss-reactive ketones (excluding diaryl/α,β-unsaturated/α-hetero) is 1. The van der Waals surface area contributed by atoms with Crippen LogP contribution < -0.4 is 4.74 Å². The zero-order chi connectivity index (χ0) is 24.5. The van der Waals surface area contributed by atoms with Crippen molar-refractivity contribution in [3.63, 3.8) is 0 Å². The topological polar surface area (TPSA) is 93.1 Å². The summed E-state index contributed by atoms with van der Waals surface area (Å²) < 4.78 is 12.7. The van der Waals surface area contributed by atoms with Gasteiger partial charge in [0.15, 0.2) is 5.60 Å². The minimum Gasteiger partial charge on any atom is -0.508 e. The molecule has 1 aliphatic carbocycles. The minimum absolute atomic E-state index is 0.0185. The Morgan fingerprint density at radius 2 is 1.89 bits per heavy atom. The summed E-state index contributed by atoms with van der Waals surface area (Å²) in [5.41, 5.74) is 1.25. The van der Waals surface area contributed by atoms with Crippen LogP contribution in [0.4, 0.5) is 0 Å². The Balaban J connectivity index is 1.64. The number of allylic oxidation sites excluding steroid dienone is 1. The van der Waals surface area contributed by atoms with Gasteiger partial charge in [0, 0.05) is 22.9 Å².